The normalized spacial score (nSPS) is 24.1. The number of amides is 1. The molecular formula is C17H29N5O2. The Hall–Kier alpha value is -1.44. The van der Waals surface area contributed by atoms with Gasteiger partial charge in [-0.25, -0.2) is 0 Å². The molecule has 2 fully saturated rings. The van der Waals surface area contributed by atoms with E-state index in [0.29, 0.717) is 19.2 Å². The fourth-order valence-corrected chi connectivity index (χ4v) is 3.52. The van der Waals surface area contributed by atoms with Gasteiger partial charge in [0.2, 0.25) is 5.91 Å². The minimum absolute atomic E-state index is 0.0965. The molecule has 0 bridgehead atoms. The van der Waals surface area contributed by atoms with Crippen molar-refractivity contribution in [3.63, 3.8) is 0 Å². The van der Waals surface area contributed by atoms with E-state index in [4.69, 9.17) is 4.74 Å². The van der Waals surface area contributed by atoms with E-state index >= 15 is 0 Å². The molecule has 2 aliphatic rings. The van der Waals surface area contributed by atoms with Crippen molar-refractivity contribution < 1.29 is 9.53 Å². The van der Waals surface area contributed by atoms with E-state index in [1.807, 2.05) is 16.9 Å². The second-order valence-electron chi connectivity index (χ2n) is 6.73. The van der Waals surface area contributed by atoms with Crippen LogP contribution in [0.4, 0.5) is 0 Å². The average Bonchev–Trinajstić information content (AvgIpc) is 3.09. The SMILES string of the molecule is CCN1CCC(NC(=O)CN2CCO[C@@H](Cn3cccn3)C2)CC1. The van der Waals surface area contributed by atoms with Crippen LogP contribution in [0, 0.1) is 0 Å². The molecule has 24 heavy (non-hydrogen) atoms. The van der Waals surface area contributed by atoms with Crippen LogP contribution in [0.3, 0.4) is 0 Å². The lowest BCUT2D eigenvalue weighted by molar-refractivity contribution is -0.125. The zero-order valence-electron chi connectivity index (χ0n) is 14.6. The van der Waals surface area contributed by atoms with E-state index in [1.54, 1.807) is 6.20 Å². The number of hydrogen-bond acceptors (Lipinski definition) is 5. The third-order valence-corrected chi connectivity index (χ3v) is 4.94. The van der Waals surface area contributed by atoms with Crippen molar-refractivity contribution in [3.8, 4) is 0 Å². The van der Waals surface area contributed by atoms with Crippen molar-refractivity contribution >= 4 is 5.91 Å². The molecule has 0 aliphatic carbocycles. The van der Waals surface area contributed by atoms with Gasteiger partial charge in [-0.2, -0.15) is 5.10 Å². The zero-order valence-corrected chi connectivity index (χ0v) is 14.6. The molecule has 2 aliphatic heterocycles. The van der Waals surface area contributed by atoms with E-state index < -0.39 is 0 Å². The third-order valence-electron chi connectivity index (χ3n) is 4.94. The quantitative estimate of drug-likeness (QED) is 0.804. The molecule has 0 radical (unpaired) electrons. The topological polar surface area (TPSA) is 62.6 Å². The number of piperidine rings is 1. The first kappa shape index (κ1) is 17.4. The number of morpholine rings is 1. The number of nitrogens with zero attached hydrogens (tertiary/aromatic N) is 4. The van der Waals surface area contributed by atoms with Gasteiger partial charge in [0.15, 0.2) is 0 Å². The third kappa shape index (κ3) is 5.03. The largest absolute Gasteiger partial charge is 0.374 e. The molecule has 3 rings (SSSR count). The van der Waals surface area contributed by atoms with Crippen molar-refractivity contribution in [2.24, 2.45) is 0 Å². The zero-order chi connectivity index (χ0) is 16.8. The summed E-state index contributed by atoms with van der Waals surface area (Å²) in [7, 11) is 0. The van der Waals surface area contributed by atoms with Crippen LogP contribution >= 0.6 is 0 Å². The molecule has 7 nitrogen and oxygen atoms in total. The standard InChI is InChI=1S/C17H29N5O2/c1-2-20-8-4-15(5-9-20)19-17(23)14-21-10-11-24-16(12-21)13-22-7-3-6-18-22/h3,6-7,15-16H,2,4-5,8-14H2,1H3,(H,19,23)/t16-/m1/s1. The molecule has 0 spiro atoms. The highest BCUT2D eigenvalue weighted by atomic mass is 16.5. The minimum Gasteiger partial charge on any atom is -0.374 e. The first-order valence-electron chi connectivity index (χ1n) is 9.06. The predicted molar refractivity (Wildman–Crippen MR) is 91.7 cm³/mol. The number of rotatable bonds is 6. The molecule has 0 saturated carbocycles. The predicted octanol–water partition coefficient (Wildman–Crippen LogP) is 0.184. The molecule has 1 aromatic heterocycles. The van der Waals surface area contributed by atoms with Crippen molar-refractivity contribution in [1.29, 1.82) is 0 Å². The van der Waals surface area contributed by atoms with E-state index in [1.165, 1.54) is 0 Å². The number of likely N-dealkylation sites (tertiary alicyclic amines) is 1. The van der Waals surface area contributed by atoms with Gasteiger partial charge in [0.1, 0.15) is 0 Å². The molecule has 1 amide bonds. The number of ether oxygens (including phenoxy) is 1. The second kappa shape index (κ2) is 8.60. The van der Waals surface area contributed by atoms with Crippen LogP contribution in [0.2, 0.25) is 0 Å². The Labute approximate surface area is 143 Å². The summed E-state index contributed by atoms with van der Waals surface area (Å²) in [6.45, 7) is 8.94. The molecular weight excluding hydrogens is 306 g/mol. The summed E-state index contributed by atoms with van der Waals surface area (Å²) in [5, 5.41) is 7.43. The Kier molecular flexibility index (Phi) is 6.23. The summed E-state index contributed by atoms with van der Waals surface area (Å²) in [4.78, 5) is 17.0. The van der Waals surface area contributed by atoms with Crippen molar-refractivity contribution in [1.82, 2.24) is 24.9 Å². The van der Waals surface area contributed by atoms with Crippen LogP contribution in [0.5, 0.6) is 0 Å². The molecule has 1 N–H and O–H groups in total. The summed E-state index contributed by atoms with van der Waals surface area (Å²) in [6.07, 6.45) is 5.93. The number of carbonyl (C=O) groups excluding carboxylic acids is 1. The fraction of sp³-hybridized carbons (Fsp3) is 0.765. The number of aromatic nitrogens is 2. The highest BCUT2D eigenvalue weighted by Gasteiger charge is 2.24. The number of nitrogens with one attached hydrogen (secondary N) is 1. The van der Waals surface area contributed by atoms with Gasteiger partial charge in [-0.1, -0.05) is 6.92 Å². The summed E-state index contributed by atoms with van der Waals surface area (Å²) in [6, 6.07) is 2.25. The summed E-state index contributed by atoms with van der Waals surface area (Å²) in [5.41, 5.74) is 0. The lowest BCUT2D eigenvalue weighted by atomic mass is 10.1. The van der Waals surface area contributed by atoms with Crippen LogP contribution in [-0.4, -0.2) is 83.5 Å². The lowest BCUT2D eigenvalue weighted by Gasteiger charge is -2.34. The molecule has 0 unspecified atom stereocenters. The number of carbonyl (C=O) groups is 1. The van der Waals surface area contributed by atoms with Gasteiger partial charge in [0, 0.05) is 44.6 Å². The van der Waals surface area contributed by atoms with Gasteiger partial charge in [0.25, 0.3) is 0 Å². The molecule has 7 heteroatoms. The first-order valence-corrected chi connectivity index (χ1v) is 9.06. The Morgan fingerprint density at radius 3 is 2.83 bits per heavy atom. The minimum atomic E-state index is 0.0965. The van der Waals surface area contributed by atoms with Crippen LogP contribution in [-0.2, 0) is 16.1 Å². The van der Waals surface area contributed by atoms with E-state index in [2.05, 4.69) is 27.1 Å². The molecule has 1 atom stereocenters. The van der Waals surface area contributed by atoms with Crippen molar-refractivity contribution in [3.05, 3.63) is 18.5 Å². The van der Waals surface area contributed by atoms with Gasteiger partial charge in [-0.05, 0) is 25.5 Å². The molecule has 134 valence electrons. The van der Waals surface area contributed by atoms with Crippen LogP contribution < -0.4 is 5.32 Å². The molecule has 2 saturated heterocycles. The Morgan fingerprint density at radius 2 is 2.12 bits per heavy atom. The fourth-order valence-electron chi connectivity index (χ4n) is 3.52. The lowest BCUT2D eigenvalue weighted by Crippen LogP contribution is -2.51. The molecule has 0 aromatic carbocycles. The van der Waals surface area contributed by atoms with E-state index in [-0.39, 0.29) is 12.0 Å². The van der Waals surface area contributed by atoms with Gasteiger partial charge in [-0.3, -0.25) is 14.4 Å². The second-order valence-corrected chi connectivity index (χ2v) is 6.73. The van der Waals surface area contributed by atoms with Crippen LogP contribution in [0.25, 0.3) is 0 Å². The molecule has 1 aromatic rings. The maximum atomic E-state index is 12.3. The van der Waals surface area contributed by atoms with Crippen molar-refractivity contribution in [2.75, 3.05) is 45.9 Å². The Bertz CT molecular complexity index is 499. The summed E-state index contributed by atoms with van der Waals surface area (Å²) in [5.74, 6) is 0.143. The van der Waals surface area contributed by atoms with Crippen LogP contribution in [0.1, 0.15) is 19.8 Å². The van der Waals surface area contributed by atoms with E-state index in [0.717, 1.165) is 52.1 Å². The van der Waals surface area contributed by atoms with E-state index in [9.17, 15) is 4.79 Å². The monoisotopic (exact) mass is 335 g/mol. The maximum absolute atomic E-state index is 12.3. The maximum Gasteiger partial charge on any atom is 0.234 e. The Morgan fingerprint density at radius 1 is 1.29 bits per heavy atom. The smallest absolute Gasteiger partial charge is 0.234 e. The number of hydrogen-bond donors (Lipinski definition) is 1. The van der Waals surface area contributed by atoms with Gasteiger partial charge in [0.05, 0.1) is 25.8 Å². The highest BCUT2D eigenvalue weighted by Crippen LogP contribution is 2.10. The van der Waals surface area contributed by atoms with Crippen LogP contribution in [0.15, 0.2) is 18.5 Å². The highest BCUT2D eigenvalue weighted by molar-refractivity contribution is 5.78. The summed E-state index contributed by atoms with van der Waals surface area (Å²) < 4.78 is 7.68. The Balaban J connectivity index is 1.39. The average molecular weight is 335 g/mol. The summed E-state index contributed by atoms with van der Waals surface area (Å²) >= 11 is 0. The molecule has 3 heterocycles. The van der Waals surface area contributed by atoms with Gasteiger partial charge >= 0.3 is 0 Å². The van der Waals surface area contributed by atoms with Gasteiger partial charge < -0.3 is 15.0 Å². The van der Waals surface area contributed by atoms with Gasteiger partial charge in [-0.15, -0.1) is 0 Å². The first-order chi connectivity index (χ1) is 11.7. The van der Waals surface area contributed by atoms with Crippen molar-refractivity contribution in [2.45, 2.75) is 38.5 Å².